The van der Waals surface area contributed by atoms with E-state index in [0.717, 1.165) is 18.6 Å². The molecule has 0 saturated carbocycles. The molecule has 0 unspecified atom stereocenters. The molecular formula is C15H22N2O3S. The van der Waals surface area contributed by atoms with Gasteiger partial charge in [0.1, 0.15) is 0 Å². The fourth-order valence-electron chi connectivity index (χ4n) is 1.67. The quantitative estimate of drug-likeness (QED) is 0.449. The van der Waals surface area contributed by atoms with Gasteiger partial charge in [-0.25, -0.2) is 0 Å². The third-order valence-corrected chi connectivity index (χ3v) is 4.00. The largest absolute Gasteiger partial charge is 0.352 e. The van der Waals surface area contributed by atoms with E-state index in [1.165, 1.54) is 17.8 Å². The zero-order valence-electron chi connectivity index (χ0n) is 12.7. The van der Waals surface area contributed by atoms with Gasteiger partial charge >= 0.3 is 0 Å². The minimum absolute atomic E-state index is 0.00732. The van der Waals surface area contributed by atoms with Crippen molar-refractivity contribution in [1.29, 1.82) is 0 Å². The number of rotatable bonds is 8. The lowest BCUT2D eigenvalue weighted by molar-refractivity contribution is -0.387. The number of nitrogens with zero attached hydrogens (tertiary/aromatic N) is 1. The first kappa shape index (κ1) is 17.5. The molecule has 0 saturated heterocycles. The Morgan fingerprint density at radius 2 is 2.14 bits per heavy atom. The van der Waals surface area contributed by atoms with Gasteiger partial charge in [0.05, 0.1) is 9.82 Å². The number of carbonyl (C=O) groups excluding carboxylic acids is 1. The predicted molar refractivity (Wildman–Crippen MR) is 85.9 cm³/mol. The van der Waals surface area contributed by atoms with Crippen molar-refractivity contribution < 1.29 is 9.72 Å². The van der Waals surface area contributed by atoms with Crippen LogP contribution in [0.3, 0.4) is 0 Å². The van der Waals surface area contributed by atoms with Crippen LogP contribution in [0.2, 0.25) is 0 Å². The number of thioether (sulfide) groups is 1. The molecule has 0 aromatic heterocycles. The van der Waals surface area contributed by atoms with E-state index in [-0.39, 0.29) is 11.6 Å². The SMILES string of the molecule is CCCNC(=O)c1ccc(SCCC(C)C)c([N+](=O)[O-])c1. The van der Waals surface area contributed by atoms with Gasteiger partial charge in [-0.15, -0.1) is 11.8 Å². The van der Waals surface area contributed by atoms with Crippen LogP contribution < -0.4 is 5.32 Å². The minimum atomic E-state index is -0.422. The molecular weight excluding hydrogens is 288 g/mol. The summed E-state index contributed by atoms with van der Waals surface area (Å²) in [6.07, 6.45) is 1.83. The van der Waals surface area contributed by atoms with E-state index in [9.17, 15) is 14.9 Å². The summed E-state index contributed by atoms with van der Waals surface area (Å²) in [5.74, 6) is 1.13. The number of nitro groups is 1. The Kier molecular flexibility index (Phi) is 7.22. The zero-order chi connectivity index (χ0) is 15.8. The third-order valence-electron chi connectivity index (χ3n) is 2.91. The first-order valence-electron chi connectivity index (χ1n) is 7.15. The molecule has 1 aromatic carbocycles. The molecule has 21 heavy (non-hydrogen) atoms. The highest BCUT2D eigenvalue weighted by Crippen LogP contribution is 2.31. The van der Waals surface area contributed by atoms with Crippen LogP contribution >= 0.6 is 11.8 Å². The van der Waals surface area contributed by atoms with Crippen molar-refractivity contribution in [2.24, 2.45) is 5.92 Å². The Balaban J connectivity index is 2.86. The standard InChI is InChI=1S/C15H22N2O3S/c1-4-8-16-15(18)12-5-6-14(13(10-12)17(19)20)21-9-7-11(2)3/h5-6,10-11H,4,7-9H2,1-3H3,(H,16,18). The number of carbonyl (C=O) groups is 1. The molecule has 5 nitrogen and oxygen atoms in total. The van der Waals surface area contributed by atoms with Crippen LogP contribution in [0.1, 0.15) is 44.0 Å². The van der Waals surface area contributed by atoms with Crippen molar-refractivity contribution in [3.05, 3.63) is 33.9 Å². The number of hydrogen-bond acceptors (Lipinski definition) is 4. The van der Waals surface area contributed by atoms with Crippen molar-refractivity contribution in [2.45, 2.75) is 38.5 Å². The molecule has 1 N–H and O–H groups in total. The smallest absolute Gasteiger partial charge is 0.283 e. The van der Waals surface area contributed by atoms with Crippen molar-refractivity contribution in [3.8, 4) is 0 Å². The van der Waals surface area contributed by atoms with E-state index >= 15 is 0 Å². The summed E-state index contributed by atoms with van der Waals surface area (Å²) in [6.45, 7) is 6.76. The second kappa shape index (κ2) is 8.67. The normalized spacial score (nSPS) is 10.7. The van der Waals surface area contributed by atoms with Gasteiger partial charge in [0.25, 0.3) is 11.6 Å². The van der Waals surface area contributed by atoms with Gasteiger partial charge in [0.15, 0.2) is 0 Å². The van der Waals surface area contributed by atoms with Gasteiger partial charge in [-0.2, -0.15) is 0 Å². The molecule has 1 aromatic rings. The summed E-state index contributed by atoms with van der Waals surface area (Å²) in [7, 11) is 0. The van der Waals surface area contributed by atoms with E-state index in [4.69, 9.17) is 0 Å². The lowest BCUT2D eigenvalue weighted by atomic mass is 10.2. The molecule has 0 aliphatic rings. The van der Waals surface area contributed by atoms with E-state index in [0.29, 0.717) is 22.9 Å². The monoisotopic (exact) mass is 310 g/mol. The Morgan fingerprint density at radius 1 is 1.43 bits per heavy atom. The first-order valence-corrected chi connectivity index (χ1v) is 8.13. The molecule has 0 bridgehead atoms. The molecule has 0 heterocycles. The van der Waals surface area contributed by atoms with Crippen molar-refractivity contribution in [3.63, 3.8) is 0 Å². The summed E-state index contributed by atoms with van der Waals surface area (Å²) >= 11 is 1.47. The Bertz CT molecular complexity index is 504. The van der Waals surface area contributed by atoms with Crippen molar-refractivity contribution in [1.82, 2.24) is 5.32 Å². The predicted octanol–water partition coefficient (Wildman–Crippen LogP) is 3.87. The number of hydrogen-bond donors (Lipinski definition) is 1. The molecule has 0 atom stereocenters. The van der Waals surface area contributed by atoms with E-state index in [2.05, 4.69) is 19.2 Å². The summed E-state index contributed by atoms with van der Waals surface area (Å²) in [5.41, 5.74) is 0.344. The van der Waals surface area contributed by atoms with Gasteiger partial charge in [-0.3, -0.25) is 14.9 Å². The highest BCUT2D eigenvalue weighted by molar-refractivity contribution is 7.99. The van der Waals surface area contributed by atoms with Gasteiger partial charge in [-0.1, -0.05) is 20.8 Å². The van der Waals surface area contributed by atoms with E-state index < -0.39 is 4.92 Å². The Hall–Kier alpha value is -1.56. The molecule has 0 aliphatic carbocycles. The Morgan fingerprint density at radius 3 is 2.71 bits per heavy atom. The highest BCUT2D eigenvalue weighted by atomic mass is 32.2. The summed E-state index contributed by atoms with van der Waals surface area (Å²) in [5, 5.41) is 13.9. The topological polar surface area (TPSA) is 72.2 Å². The molecule has 6 heteroatoms. The number of nitro benzene ring substituents is 1. The highest BCUT2D eigenvalue weighted by Gasteiger charge is 2.17. The first-order chi connectivity index (χ1) is 9.95. The molecule has 0 radical (unpaired) electrons. The maximum absolute atomic E-state index is 11.9. The second-order valence-corrected chi connectivity index (χ2v) is 6.36. The average Bonchev–Trinajstić information content (AvgIpc) is 2.44. The van der Waals surface area contributed by atoms with Gasteiger partial charge in [0, 0.05) is 18.2 Å². The van der Waals surface area contributed by atoms with Crippen LogP contribution in [0.15, 0.2) is 23.1 Å². The van der Waals surface area contributed by atoms with Crippen LogP contribution in [0, 0.1) is 16.0 Å². The number of benzene rings is 1. The van der Waals surface area contributed by atoms with Gasteiger partial charge < -0.3 is 5.32 Å². The van der Waals surface area contributed by atoms with E-state index in [1.807, 2.05) is 6.92 Å². The minimum Gasteiger partial charge on any atom is -0.352 e. The average molecular weight is 310 g/mol. The fourth-order valence-corrected chi connectivity index (χ4v) is 2.92. The maximum Gasteiger partial charge on any atom is 0.283 e. The molecule has 116 valence electrons. The van der Waals surface area contributed by atoms with Gasteiger partial charge in [-0.05, 0) is 36.6 Å². The van der Waals surface area contributed by atoms with Crippen LogP contribution in [0.25, 0.3) is 0 Å². The van der Waals surface area contributed by atoms with Crippen LogP contribution in [-0.2, 0) is 0 Å². The van der Waals surface area contributed by atoms with Crippen LogP contribution in [0.5, 0.6) is 0 Å². The number of nitrogens with one attached hydrogen (secondary N) is 1. The molecule has 0 aliphatic heterocycles. The van der Waals surface area contributed by atoms with Crippen molar-refractivity contribution in [2.75, 3.05) is 12.3 Å². The molecule has 0 spiro atoms. The summed E-state index contributed by atoms with van der Waals surface area (Å²) in [6, 6.07) is 4.68. The van der Waals surface area contributed by atoms with Crippen LogP contribution in [0.4, 0.5) is 5.69 Å². The zero-order valence-corrected chi connectivity index (χ0v) is 13.5. The third kappa shape index (κ3) is 5.75. The second-order valence-electron chi connectivity index (χ2n) is 5.23. The fraction of sp³-hybridized carbons (Fsp3) is 0.533. The molecule has 1 amide bonds. The number of amides is 1. The molecule has 1 rings (SSSR count). The van der Waals surface area contributed by atoms with E-state index in [1.54, 1.807) is 12.1 Å². The lowest BCUT2D eigenvalue weighted by Crippen LogP contribution is -2.24. The summed E-state index contributed by atoms with van der Waals surface area (Å²) < 4.78 is 0. The van der Waals surface area contributed by atoms with Gasteiger partial charge in [0.2, 0.25) is 0 Å². The maximum atomic E-state index is 11.9. The molecule has 0 fully saturated rings. The lowest BCUT2D eigenvalue weighted by Gasteiger charge is -2.07. The Labute approximate surface area is 129 Å². The van der Waals surface area contributed by atoms with Crippen molar-refractivity contribution >= 4 is 23.4 Å². The van der Waals surface area contributed by atoms with Crippen LogP contribution in [-0.4, -0.2) is 23.1 Å². The summed E-state index contributed by atoms with van der Waals surface area (Å²) in [4.78, 5) is 23.2.